The van der Waals surface area contributed by atoms with Gasteiger partial charge in [-0.05, 0) is 19.9 Å². The molecule has 0 bridgehead atoms. The molecule has 0 amide bonds. The van der Waals surface area contributed by atoms with Gasteiger partial charge in [0.15, 0.2) is 11.6 Å². The van der Waals surface area contributed by atoms with Crippen LogP contribution in [0.2, 0.25) is 0 Å². The minimum Gasteiger partial charge on any atom is -0.488 e. The van der Waals surface area contributed by atoms with Crippen molar-refractivity contribution >= 4 is 11.5 Å². The number of nitrogens with one attached hydrogen (secondary N) is 1. The normalized spacial score (nSPS) is 21.1. The predicted molar refractivity (Wildman–Crippen MR) is 100 cm³/mol. The SMILES string of the molecule is C#CC1CN(c2cc(C3Nc4cc(F)c(OC(C)C)cc43)ncn2)CCO1. The molecule has 7 heteroatoms. The van der Waals surface area contributed by atoms with E-state index in [1.807, 2.05) is 19.9 Å². The molecule has 0 spiro atoms. The summed E-state index contributed by atoms with van der Waals surface area (Å²) in [6, 6.07) is 5.02. The molecule has 2 aromatic rings. The molecule has 2 unspecified atom stereocenters. The van der Waals surface area contributed by atoms with Crippen LogP contribution >= 0.6 is 0 Å². The first-order valence-corrected chi connectivity index (χ1v) is 8.96. The van der Waals surface area contributed by atoms with E-state index in [1.54, 1.807) is 12.4 Å². The van der Waals surface area contributed by atoms with Gasteiger partial charge in [0, 0.05) is 29.9 Å². The summed E-state index contributed by atoms with van der Waals surface area (Å²) in [5.41, 5.74) is 2.53. The Balaban J connectivity index is 1.58. The summed E-state index contributed by atoms with van der Waals surface area (Å²) in [6.07, 6.45) is 6.69. The maximum atomic E-state index is 14.1. The minimum absolute atomic E-state index is 0.0971. The number of rotatable bonds is 4. The molecule has 27 heavy (non-hydrogen) atoms. The third kappa shape index (κ3) is 3.40. The molecule has 2 atom stereocenters. The number of fused-ring (bicyclic) bond motifs is 1. The Morgan fingerprint density at radius 1 is 1.37 bits per heavy atom. The molecule has 0 saturated carbocycles. The third-order valence-electron chi connectivity index (χ3n) is 4.62. The fourth-order valence-corrected chi connectivity index (χ4v) is 3.32. The summed E-state index contributed by atoms with van der Waals surface area (Å²) in [7, 11) is 0. The fraction of sp³-hybridized carbons (Fsp3) is 0.400. The monoisotopic (exact) mass is 368 g/mol. The number of hydrogen-bond acceptors (Lipinski definition) is 6. The highest BCUT2D eigenvalue weighted by atomic mass is 19.1. The molecule has 0 radical (unpaired) electrons. The molecule has 6 nitrogen and oxygen atoms in total. The van der Waals surface area contributed by atoms with Crippen LogP contribution in [0.3, 0.4) is 0 Å². The van der Waals surface area contributed by atoms with Crippen molar-refractivity contribution in [2.75, 3.05) is 29.9 Å². The van der Waals surface area contributed by atoms with Gasteiger partial charge in [-0.25, -0.2) is 14.4 Å². The number of terminal acetylenes is 1. The van der Waals surface area contributed by atoms with Crippen molar-refractivity contribution in [3.8, 4) is 18.1 Å². The van der Waals surface area contributed by atoms with E-state index in [9.17, 15) is 4.39 Å². The lowest BCUT2D eigenvalue weighted by Gasteiger charge is -2.34. The summed E-state index contributed by atoms with van der Waals surface area (Å²) in [4.78, 5) is 10.9. The van der Waals surface area contributed by atoms with E-state index in [0.717, 1.165) is 29.3 Å². The zero-order valence-electron chi connectivity index (χ0n) is 15.3. The average molecular weight is 368 g/mol. The summed E-state index contributed by atoms with van der Waals surface area (Å²) < 4.78 is 25.2. The van der Waals surface area contributed by atoms with Gasteiger partial charge < -0.3 is 19.7 Å². The number of hydrogen-bond donors (Lipinski definition) is 1. The highest BCUT2D eigenvalue weighted by molar-refractivity contribution is 5.68. The summed E-state index contributed by atoms with van der Waals surface area (Å²) in [6.45, 7) is 5.63. The number of benzene rings is 1. The summed E-state index contributed by atoms with van der Waals surface area (Å²) in [5, 5.41) is 3.25. The smallest absolute Gasteiger partial charge is 0.167 e. The van der Waals surface area contributed by atoms with Crippen LogP contribution in [-0.2, 0) is 4.74 Å². The number of ether oxygens (including phenoxy) is 2. The number of halogens is 1. The molecule has 1 aromatic heterocycles. The van der Waals surface area contributed by atoms with Crippen molar-refractivity contribution < 1.29 is 13.9 Å². The standard InChI is InChI=1S/C20H21FN4O2/c1-4-13-10-25(5-6-26-13)19-9-17(22-11-23-19)20-14-7-18(27-12(2)3)15(21)8-16(14)24-20/h1,7-9,11-13,20,24H,5-6,10H2,2-3H3. The van der Waals surface area contributed by atoms with Gasteiger partial charge in [-0.3, -0.25) is 0 Å². The van der Waals surface area contributed by atoms with E-state index in [4.69, 9.17) is 15.9 Å². The second kappa shape index (κ2) is 7.05. The highest BCUT2D eigenvalue weighted by Gasteiger charge is 2.31. The molecule has 3 heterocycles. The second-order valence-corrected chi connectivity index (χ2v) is 6.89. The molecule has 1 N–H and O–H groups in total. The molecule has 140 valence electrons. The lowest BCUT2D eigenvalue weighted by Crippen LogP contribution is -2.42. The predicted octanol–water partition coefficient (Wildman–Crippen LogP) is 2.76. The molecule has 2 aliphatic rings. The first-order chi connectivity index (χ1) is 13.0. The topological polar surface area (TPSA) is 59.5 Å². The van der Waals surface area contributed by atoms with Gasteiger partial charge in [-0.15, -0.1) is 6.42 Å². The van der Waals surface area contributed by atoms with Gasteiger partial charge in [-0.2, -0.15) is 0 Å². The van der Waals surface area contributed by atoms with E-state index >= 15 is 0 Å². The van der Waals surface area contributed by atoms with Crippen molar-refractivity contribution in [3.63, 3.8) is 0 Å². The Kier molecular flexibility index (Phi) is 4.58. The van der Waals surface area contributed by atoms with Crippen LogP contribution in [0, 0.1) is 18.2 Å². The van der Waals surface area contributed by atoms with Crippen LogP contribution in [0.25, 0.3) is 0 Å². The van der Waals surface area contributed by atoms with Gasteiger partial charge in [0.2, 0.25) is 0 Å². The number of aromatic nitrogens is 2. The second-order valence-electron chi connectivity index (χ2n) is 6.89. The van der Waals surface area contributed by atoms with E-state index in [2.05, 4.69) is 26.1 Å². The Labute approximate surface area is 157 Å². The van der Waals surface area contributed by atoms with E-state index in [-0.39, 0.29) is 29.8 Å². The van der Waals surface area contributed by atoms with Gasteiger partial charge in [-0.1, -0.05) is 5.92 Å². The zero-order valence-corrected chi connectivity index (χ0v) is 15.3. The average Bonchev–Trinajstić information content (AvgIpc) is 2.66. The molecule has 1 saturated heterocycles. The largest absolute Gasteiger partial charge is 0.488 e. The van der Waals surface area contributed by atoms with Crippen LogP contribution in [0.15, 0.2) is 24.5 Å². The van der Waals surface area contributed by atoms with Crippen LogP contribution in [-0.4, -0.2) is 41.9 Å². The third-order valence-corrected chi connectivity index (χ3v) is 4.62. The van der Waals surface area contributed by atoms with Gasteiger partial charge in [0.1, 0.15) is 18.2 Å². The molecule has 2 aliphatic heterocycles. The maximum absolute atomic E-state index is 14.1. The first-order valence-electron chi connectivity index (χ1n) is 8.96. The van der Waals surface area contributed by atoms with Crippen LogP contribution in [0.5, 0.6) is 5.75 Å². The molecule has 1 aromatic carbocycles. The molecule has 4 rings (SSSR count). The molecular weight excluding hydrogens is 347 g/mol. The first kappa shape index (κ1) is 17.6. The Hall–Kier alpha value is -2.85. The lowest BCUT2D eigenvalue weighted by atomic mass is 9.93. The number of anilines is 2. The molecule has 1 fully saturated rings. The quantitative estimate of drug-likeness (QED) is 0.838. The molecular formula is C20H21FN4O2. The van der Waals surface area contributed by atoms with Gasteiger partial charge in [0.05, 0.1) is 31.0 Å². The van der Waals surface area contributed by atoms with Crippen molar-refractivity contribution in [1.82, 2.24) is 9.97 Å². The zero-order chi connectivity index (χ0) is 19.0. The Morgan fingerprint density at radius 2 is 2.22 bits per heavy atom. The van der Waals surface area contributed by atoms with Gasteiger partial charge in [0.25, 0.3) is 0 Å². The Morgan fingerprint density at radius 3 is 3.00 bits per heavy atom. The summed E-state index contributed by atoms with van der Waals surface area (Å²) in [5.74, 6) is 3.33. The highest BCUT2D eigenvalue weighted by Crippen LogP contribution is 2.43. The lowest BCUT2D eigenvalue weighted by molar-refractivity contribution is 0.0775. The van der Waals surface area contributed by atoms with Crippen LogP contribution in [0.1, 0.15) is 31.1 Å². The molecule has 0 aliphatic carbocycles. The van der Waals surface area contributed by atoms with Crippen molar-refractivity contribution in [2.24, 2.45) is 0 Å². The van der Waals surface area contributed by atoms with Crippen LogP contribution < -0.4 is 15.0 Å². The Bertz CT molecular complexity index is 896. The fourth-order valence-electron chi connectivity index (χ4n) is 3.32. The van der Waals surface area contributed by atoms with Gasteiger partial charge >= 0.3 is 0 Å². The van der Waals surface area contributed by atoms with Crippen molar-refractivity contribution in [2.45, 2.75) is 32.1 Å². The van der Waals surface area contributed by atoms with E-state index in [1.165, 1.54) is 6.07 Å². The van der Waals surface area contributed by atoms with Crippen molar-refractivity contribution in [3.05, 3.63) is 41.6 Å². The minimum atomic E-state index is -0.370. The van der Waals surface area contributed by atoms with E-state index in [0.29, 0.717) is 13.2 Å². The van der Waals surface area contributed by atoms with E-state index < -0.39 is 0 Å². The maximum Gasteiger partial charge on any atom is 0.167 e. The summed E-state index contributed by atoms with van der Waals surface area (Å²) >= 11 is 0. The number of nitrogens with zero attached hydrogens (tertiary/aromatic N) is 3. The number of morpholine rings is 1. The van der Waals surface area contributed by atoms with Crippen molar-refractivity contribution in [1.29, 1.82) is 0 Å². The van der Waals surface area contributed by atoms with Crippen LogP contribution in [0.4, 0.5) is 15.9 Å².